The largest absolute Gasteiger partial charge is 0.494 e. The Morgan fingerprint density at radius 1 is 1.10 bits per heavy atom. The lowest BCUT2D eigenvalue weighted by atomic mass is 9.95. The second kappa shape index (κ2) is 12.9. The molecule has 0 saturated carbocycles. The molecule has 5 rings (SSSR count). The molecule has 0 bridgehead atoms. The number of allylic oxidation sites excluding steroid dienone is 1. The molecule has 0 unspecified atom stereocenters. The number of aromatic nitrogens is 1. The van der Waals surface area contributed by atoms with Crippen LogP contribution in [0.5, 0.6) is 11.5 Å². The normalized spacial score (nSPS) is 14.7. The molecule has 0 radical (unpaired) electrons. The molecule has 4 aromatic rings. The van der Waals surface area contributed by atoms with Crippen LogP contribution in [0.15, 0.2) is 87.8 Å². The highest BCUT2D eigenvalue weighted by molar-refractivity contribution is 14.1. The zero-order valence-corrected chi connectivity index (χ0v) is 27.9. The lowest BCUT2D eigenvalue weighted by molar-refractivity contribution is -0.132. The molecule has 3 aromatic carbocycles. The summed E-state index contributed by atoms with van der Waals surface area (Å²) in [5.41, 5.74) is 2.55. The lowest BCUT2D eigenvalue weighted by Gasteiger charge is -2.25. The Morgan fingerprint density at radius 2 is 1.81 bits per heavy atom. The first kappa shape index (κ1) is 30.2. The van der Waals surface area contributed by atoms with Crippen LogP contribution in [0, 0.1) is 7.14 Å². The minimum Gasteiger partial charge on any atom is -0.494 e. The van der Waals surface area contributed by atoms with Gasteiger partial charge in [-0.3, -0.25) is 19.0 Å². The summed E-state index contributed by atoms with van der Waals surface area (Å²) in [6, 6.07) is 19.6. The Kier molecular flexibility index (Phi) is 9.28. The van der Waals surface area contributed by atoms with Crippen molar-refractivity contribution in [2.24, 2.45) is 4.99 Å². The van der Waals surface area contributed by atoms with Crippen LogP contribution in [0.4, 0.5) is 5.69 Å². The molecular formula is C31H25I2N3O5S. The number of carbonyl (C=O) groups excluding carboxylic acids is 2. The van der Waals surface area contributed by atoms with E-state index in [0.717, 1.165) is 12.7 Å². The number of carbonyl (C=O) groups is 2. The Hall–Kier alpha value is -3.30. The monoisotopic (exact) mass is 805 g/mol. The van der Waals surface area contributed by atoms with E-state index in [1.165, 1.54) is 18.3 Å². The van der Waals surface area contributed by atoms with Crippen LogP contribution >= 0.6 is 56.5 Å². The van der Waals surface area contributed by atoms with Gasteiger partial charge < -0.3 is 14.8 Å². The number of hydrogen-bond acceptors (Lipinski definition) is 7. The van der Waals surface area contributed by atoms with Crippen molar-refractivity contribution in [3.8, 4) is 11.5 Å². The molecular weight excluding hydrogens is 780 g/mol. The van der Waals surface area contributed by atoms with E-state index in [4.69, 9.17) is 14.5 Å². The van der Waals surface area contributed by atoms with Crippen LogP contribution in [0.1, 0.15) is 37.9 Å². The lowest BCUT2D eigenvalue weighted by Crippen LogP contribution is -2.40. The second-order valence-electron chi connectivity index (χ2n) is 9.30. The average molecular weight is 805 g/mol. The van der Waals surface area contributed by atoms with E-state index in [0.29, 0.717) is 50.0 Å². The van der Waals surface area contributed by atoms with Crippen molar-refractivity contribution in [3.63, 3.8) is 0 Å². The van der Waals surface area contributed by atoms with Gasteiger partial charge in [0.05, 0.1) is 32.0 Å². The molecule has 1 atom stereocenters. The van der Waals surface area contributed by atoms with Crippen molar-refractivity contribution in [3.05, 3.63) is 116 Å². The van der Waals surface area contributed by atoms with Crippen LogP contribution in [-0.2, 0) is 9.59 Å². The molecule has 11 heteroatoms. The van der Waals surface area contributed by atoms with Gasteiger partial charge in [0.25, 0.3) is 11.5 Å². The predicted molar refractivity (Wildman–Crippen MR) is 180 cm³/mol. The molecule has 214 valence electrons. The maximum absolute atomic E-state index is 14.1. The predicted octanol–water partition coefficient (Wildman–Crippen LogP) is 5.41. The summed E-state index contributed by atoms with van der Waals surface area (Å²) in [5, 5.41) is 2.96. The first-order valence-corrected chi connectivity index (χ1v) is 15.9. The number of nitrogens with one attached hydrogen (secondary N) is 1. The summed E-state index contributed by atoms with van der Waals surface area (Å²) in [5.74, 6) is 0.276. The van der Waals surface area contributed by atoms with Crippen LogP contribution < -0.4 is 29.7 Å². The van der Waals surface area contributed by atoms with Gasteiger partial charge in [-0.05, 0) is 107 Å². The number of anilines is 1. The SMILES string of the molecule is CCOc1ccc([C@@H]2C(C(=O)Nc3ccccc3)=C(C)N=c3s/c(=C\c4cc(I)cc(I)c4OC(C)=O)c(=O)n32)cc1. The van der Waals surface area contributed by atoms with Gasteiger partial charge in [-0.1, -0.05) is 41.7 Å². The summed E-state index contributed by atoms with van der Waals surface area (Å²) < 4.78 is 14.8. The van der Waals surface area contributed by atoms with Crippen LogP contribution in [0.2, 0.25) is 0 Å². The minimum absolute atomic E-state index is 0.308. The number of rotatable bonds is 7. The third kappa shape index (κ3) is 6.37. The average Bonchev–Trinajstić information content (AvgIpc) is 3.25. The van der Waals surface area contributed by atoms with Crippen LogP contribution in [0.25, 0.3) is 6.08 Å². The Balaban J connectivity index is 1.69. The summed E-state index contributed by atoms with van der Waals surface area (Å²) in [6.07, 6.45) is 1.71. The van der Waals surface area contributed by atoms with E-state index < -0.39 is 12.0 Å². The third-order valence-corrected chi connectivity index (χ3v) is 8.78. The molecule has 0 saturated heterocycles. The topological polar surface area (TPSA) is 99.0 Å². The van der Waals surface area contributed by atoms with Crippen LogP contribution in [0.3, 0.4) is 0 Å². The molecule has 42 heavy (non-hydrogen) atoms. The van der Waals surface area contributed by atoms with Gasteiger partial charge in [0.1, 0.15) is 5.75 Å². The number of nitrogens with zero attached hydrogens (tertiary/aromatic N) is 2. The van der Waals surface area contributed by atoms with Crippen molar-refractivity contribution in [2.45, 2.75) is 26.8 Å². The summed E-state index contributed by atoms with van der Waals surface area (Å²) in [7, 11) is 0. The molecule has 0 aliphatic carbocycles. The fourth-order valence-electron chi connectivity index (χ4n) is 4.64. The Morgan fingerprint density at radius 3 is 2.48 bits per heavy atom. The van der Waals surface area contributed by atoms with Gasteiger partial charge in [0.15, 0.2) is 10.6 Å². The number of halogens is 2. The first-order valence-electron chi connectivity index (χ1n) is 13.0. The number of para-hydroxylation sites is 1. The molecule has 1 amide bonds. The summed E-state index contributed by atoms with van der Waals surface area (Å²) in [6.45, 7) is 5.55. The first-order chi connectivity index (χ1) is 20.2. The fraction of sp³-hybridized carbons (Fsp3) is 0.161. The van der Waals surface area contributed by atoms with Gasteiger partial charge in [-0.15, -0.1) is 0 Å². The zero-order valence-electron chi connectivity index (χ0n) is 22.8. The molecule has 8 nitrogen and oxygen atoms in total. The van der Waals surface area contributed by atoms with E-state index >= 15 is 0 Å². The number of fused-ring (bicyclic) bond motifs is 1. The highest BCUT2D eigenvalue weighted by Crippen LogP contribution is 2.32. The van der Waals surface area contributed by atoms with Gasteiger partial charge in [-0.2, -0.15) is 0 Å². The van der Waals surface area contributed by atoms with E-state index in [-0.39, 0.29) is 11.5 Å². The molecule has 0 fully saturated rings. The molecule has 1 aliphatic rings. The van der Waals surface area contributed by atoms with E-state index in [1.54, 1.807) is 29.7 Å². The Labute approximate surface area is 273 Å². The fourth-order valence-corrected chi connectivity index (χ4v) is 7.68. The zero-order chi connectivity index (χ0) is 30.0. The number of hydrogen-bond donors (Lipinski definition) is 1. The number of ether oxygens (including phenoxy) is 2. The molecule has 1 N–H and O–H groups in total. The summed E-state index contributed by atoms with van der Waals surface area (Å²) in [4.78, 5) is 44.9. The smallest absolute Gasteiger partial charge is 0.308 e. The highest BCUT2D eigenvalue weighted by atomic mass is 127. The quantitative estimate of drug-likeness (QED) is 0.153. The van der Waals surface area contributed by atoms with Crippen molar-refractivity contribution < 1.29 is 19.1 Å². The number of thiazole rings is 1. The Bertz CT molecular complexity index is 1900. The number of benzene rings is 3. The standard InChI is InChI=1S/C31H25I2N3O5S/c1-4-40-23-12-10-19(11-13-23)27-26(29(38)35-22-8-6-5-7-9-22)17(2)34-31-36(27)30(39)25(42-31)15-20-14-21(32)16-24(33)28(20)41-18(3)37/h5-16,27H,4H2,1-3H3,(H,35,38)/b25-15-/t27-/m1/s1. The number of amides is 1. The summed E-state index contributed by atoms with van der Waals surface area (Å²) >= 11 is 5.52. The number of esters is 1. The van der Waals surface area contributed by atoms with E-state index in [1.807, 2.05) is 61.5 Å². The molecule has 1 aliphatic heterocycles. The third-order valence-electron chi connectivity index (χ3n) is 6.37. The van der Waals surface area contributed by atoms with Crippen molar-refractivity contribution in [1.82, 2.24) is 4.57 Å². The van der Waals surface area contributed by atoms with Gasteiger partial charge in [0.2, 0.25) is 0 Å². The van der Waals surface area contributed by atoms with Crippen molar-refractivity contribution in [1.29, 1.82) is 0 Å². The highest BCUT2D eigenvalue weighted by Gasteiger charge is 2.32. The molecule has 2 heterocycles. The van der Waals surface area contributed by atoms with E-state index in [2.05, 4.69) is 50.5 Å². The van der Waals surface area contributed by atoms with Crippen LogP contribution in [-0.4, -0.2) is 23.1 Å². The van der Waals surface area contributed by atoms with Crippen molar-refractivity contribution in [2.75, 3.05) is 11.9 Å². The molecule has 1 aromatic heterocycles. The molecule has 0 spiro atoms. The minimum atomic E-state index is -0.730. The maximum atomic E-state index is 14.1. The maximum Gasteiger partial charge on any atom is 0.308 e. The van der Waals surface area contributed by atoms with Gasteiger partial charge >= 0.3 is 5.97 Å². The van der Waals surface area contributed by atoms with Crippen molar-refractivity contribution >= 4 is 80.2 Å². The van der Waals surface area contributed by atoms with Gasteiger partial charge in [0, 0.05) is 21.7 Å². The second-order valence-corrected chi connectivity index (χ2v) is 12.7. The van der Waals surface area contributed by atoms with Gasteiger partial charge in [-0.25, -0.2) is 4.99 Å². The van der Waals surface area contributed by atoms with E-state index in [9.17, 15) is 14.4 Å².